The maximum atomic E-state index is 13.1. The number of hydrogen-bond acceptors (Lipinski definition) is 2. The number of H-pyrrole nitrogens is 1. The van der Waals surface area contributed by atoms with Crippen molar-refractivity contribution < 1.29 is 4.79 Å². The number of fused-ring (bicyclic) bond motifs is 2. The summed E-state index contributed by atoms with van der Waals surface area (Å²) in [6.07, 6.45) is 3.98. The topological polar surface area (TPSA) is 49.8 Å². The summed E-state index contributed by atoms with van der Waals surface area (Å²) in [5.41, 5.74) is 4.10. The van der Waals surface area contributed by atoms with Crippen LogP contribution in [0.5, 0.6) is 0 Å². The highest BCUT2D eigenvalue weighted by atomic mass is 32.1. The lowest BCUT2D eigenvalue weighted by atomic mass is 9.96. The highest BCUT2D eigenvalue weighted by Crippen LogP contribution is 2.33. The van der Waals surface area contributed by atoms with Gasteiger partial charge in [-0.1, -0.05) is 42.5 Å². The summed E-state index contributed by atoms with van der Waals surface area (Å²) < 4.78 is 2.00. The van der Waals surface area contributed by atoms with Gasteiger partial charge in [-0.25, -0.2) is 0 Å². The number of thiophene rings is 1. The molecule has 5 heteroatoms. The standard InChI is InChI=1S/C24H21N3OS/c1-27-15-20(17-8-3-5-10-22(17)27)24(28)26-14-19(23-11-6-12-29-23)18-13-25-21-9-4-2-7-16(18)21/h2-13,15,19,25H,14H2,1H3,(H,26,28)/t19-/m0/s1. The second-order valence-corrected chi connectivity index (χ2v) is 8.22. The Morgan fingerprint density at radius 2 is 1.86 bits per heavy atom. The van der Waals surface area contributed by atoms with Gasteiger partial charge >= 0.3 is 0 Å². The number of benzene rings is 2. The molecule has 0 radical (unpaired) electrons. The monoisotopic (exact) mass is 399 g/mol. The lowest BCUT2D eigenvalue weighted by Gasteiger charge is -2.16. The number of nitrogens with one attached hydrogen (secondary N) is 2. The van der Waals surface area contributed by atoms with E-state index >= 15 is 0 Å². The van der Waals surface area contributed by atoms with E-state index in [2.05, 4.69) is 52.2 Å². The van der Waals surface area contributed by atoms with Gasteiger partial charge < -0.3 is 14.9 Å². The molecular weight excluding hydrogens is 378 g/mol. The van der Waals surface area contributed by atoms with Crippen molar-refractivity contribution in [2.75, 3.05) is 6.54 Å². The Kier molecular flexibility index (Phi) is 4.45. The number of nitrogens with zero attached hydrogens (tertiary/aromatic N) is 1. The molecule has 5 aromatic rings. The van der Waals surface area contributed by atoms with Crippen molar-refractivity contribution in [1.82, 2.24) is 14.9 Å². The van der Waals surface area contributed by atoms with Crippen LogP contribution >= 0.6 is 11.3 Å². The number of hydrogen-bond donors (Lipinski definition) is 2. The number of aromatic amines is 1. The number of carbonyl (C=O) groups excluding carboxylic acids is 1. The predicted octanol–water partition coefficient (Wildman–Crippen LogP) is 5.28. The molecule has 0 unspecified atom stereocenters. The van der Waals surface area contributed by atoms with Gasteiger partial charge in [-0.2, -0.15) is 0 Å². The smallest absolute Gasteiger partial charge is 0.253 e. The van der Waals surface area contributed by atoms with Crippen LogP contribution in [0, 0.1) is 0 Å². The Bertz CT molecular complexity index is 1300. The van der Waals surface area contributed by atoms with Crippen LogP contribution in [0.4, 0.5) is 0 Å². The summed E-state index contributed by atoms with van der Waals surface area (Å²) in [4.78, 5) is 17.7. The van der Waals surface area contributed by atoms with Crippen LogP contribution in [-0.4, -0.2) is 22.0 Å². The van der Waals surface area contributed by atoms with E-state index in [1.807, 2.05) is 48.1 Å². The lowest BCUT2D eigenvalue weighted by molar-refractivity contribution is 0.0954. The molecule has 3 aromatic heterocycles. The Hall–Kier alpha value is -3.31. The SMILES string of the molecule is Cn1cc(C(=O)NC[C@H](c2cccs2)c2c[nH]c3ccccc23)c2ccccc21. The fraction of sp³-hybridized carbons (Fsp3) is 0.125. The normalized spacial score (nSPS) is 12.4. The second-order valence-electron chi connectivity index (χ2n) is 7.24. The number of aryl methyl sites for hydroxylation is 1. The second kappa shape index (κ2) is 7.26. The van der Waals surface area contributed by atoms with Crippen molar-refractivity contribution >= 4 is 39.0 Å². The average molecular weight is 400 g/mol. The van der Waals surface area contributed by atoms with Crippen LogP contribution in [-0.2, 0) is 7.05 Å². The molecule has 4 nitrogen and oxygen atoms in total. The zero-order valence-corrected chi connectivity index (χ0v) is 16.9. The van der Waals surface area contributed by atoms with Gasteiger partial charge in [-0.3, -0.25) is 4.79 Å². The number of aromatic nitrogens is 2. The van der Waals surface area contributed by atoms with Gasteiger partial charge in [0.2, 0.25) is 0 Å². The highest BCUT2D eigenvalue weighted by Gasteiger charge is 2.21. The van der Waals surface area contributed by atoms with Crippen LogP contribution in [0.25, 0.3) is 21.8 Å². The summed E-state index contributed by atoms with van der Waals surface area (Å²) in [5.74, 6) is 0.0632. The minimum Gasteiger partial charge on any atom is -0.361 e. The van der Waals surface area contributed by atoms with Crippen molar-refractivity contribution in [3.63, 3.8) is 0 Å². The van der Waals surface area contributed by atoms with Crippen molar-refractivity contribution in [3.8, 4) is 0 Å². The first-order valence-electron chi connectivity index (χ1n) is 9.64. The van der Waals surface area contributed by atoms with Gasteiger partial charge in [0.25, 0.3) is 5.91 Å². The Morgan fingerprint density at radius 3 is 2.69 bits per heavy atom. The minimum atomic E-state index is -0.0387. The number of carbonyl (C=O) groups is 1. The van der Waals surface area contributed by atoms with E-state index in [1.54, 1.807) is 11.3 Å². The third-order valence-electron chi connectivity index (χ3n) is 5.49. The first-order chi connectivity index (χ1) is 14.2. The summed E-state index contributed by atoms with van der Waals surface area (Å²) in [7, 11) is 1.97. The third kappa shape index (κ3) is 3.13. The van der Waals surface area contributed by atoms with Crippen LogP contribution < -0.4 is 5.32 Å². The van der Waals surface area contributed by atoms with E-state index in [1.165, 1.54) is 15.8 Å². The molecule has 2 N–H and O–H groups in total. The van der Waals surface area contributed by atoms with Gasteiger partial charge in [0, 0.05) is 58.6 Å². The molecule has 0 saturated carbocycles. The van der Waals surface area contributed by atoms with Crippen molar-refractivity contribution in [2.24, 2.45) is 7.05 Å². The zero-order chi connectivity index (χ0) is 19.8. The van der Waals surface area contributed by atoms with Crippen molar-refractivity contribution in [3.05, 3.63) is 94.4 Å². The predicted molar refractivity (Wildman–Crippen MR) is 120 cm³/mol. The molecule has 1 atom stereocenters. The molecule has 0 aliphatic heterocycles. The van der Waals surface area contributed by atoms with Gasteiger partial charge in [0.15, 0.2) is 0 Å². The summed E-state index contributed by atoms with van der Waals surface area (Å²) in [5, 5.41) is 7.45. The molecule has 29 heavy (non-hydrogen) atoms. The third-order valence-corrected chi connectivity index (χ3v) is 6.48. The van der Waals surface area contributed by atoms with Crippen LogP contribution in [0.2, 0.25) is 0 Å². The fourth-order valence-corrected chi connectivity index (χ4v) is 4.89. The average Bonchev–Trinajstić information content (AvgIpc) is 3.49. The van der Waals surface area contributed by atoms with E-state index < -0.39 is 0 Å². The molecule has 0 fully saturated rings. The molecule has 0 aliphatic rings. The van der Waals surface area contributed by atoms with Gasteiger partial charge in [-0.15, -0.1) is 11.3 Å². The van der Waals surface area contributed by atoms with Crippen molar-refractivity contribution in [2.45, 2.75) is 5.92 Å². The van der Waals surface area contributed by atoms with Gasteiger partial charge in [0.05, 0.1) is 5.56 Å². The fourth-order valence-electron chi connectivity index (χ4n) is 4.05. The van der Waals surface area contributed by atoms with E-state index in [9.17, 15) is 4.79 Å². The van der Waals surface area contributed by atoms with Crippen LogP contribution in [0.1, 0.15) is 26.7 Å². The molecule has 3 heterocycles. The summed E-state index contributed by atoms with van der Waals surface area (Å²) in [6, 6.07) is 20.5. The van der Waals surface area contributed by atoms with Crippen LogP contribution in [0.3, 0.4) is 0 Å². The van der Waals surface area contributed by atoms with E-state index in [4.69, 9.17) is 0 Å². The Balaban J connectivity index is 1.46. The van der Waals surface area contributed by atoms with E-state index in [0.717, 1.165) is 16.4 Å². The molecule has 2 aromatic carbocycles. The Labute approximate surface area is 172 Å². The highest BCUT2D eigenvalue weighted by molar-refractivity contribution is 7.10. The number of amides is 1. The molecule has 0 bridgehead atoms. The Morgan fingerprint density at radius 1 is 1.07 bits per heavy atom. The number of para-hydroxylation sites is 2. The van der Waals surface area contributed by atoms with E-state index in [-0.39, 0.29) is 11.8 Å². The first-order valence-corrected chi connectivity index (χ1v) is 10.5. The number of rotatable bonds is 5. The maximum absolute atomic E-state index is 13.1. The molecule has 0 saturated heterocycles. The molecule has 0 aliphatic carbocycles. The first kappa shape index (κ1) is 17.8. The summed E-state index contributed by atoms with van der Waals surface area (Å²) in [6.45, 7) is 0.546. The quantitative estimate of drug-likeness (QED) is 0.415. The molecular formula is C24H21N3OS. The van der Waals surface area contributed by atoms with Crippen molar-refractivity contribution in [1.29, 1.82) is 0 Å². The molecule has 1 amide bonds. The summed E-state index contributed by atoms with van der Waals surface area (Å²) >= 11 is 1.72. The molecule has 5 rings (SSSR count). The molecule has 144 valence electrons. The van der Waals surface area contributed by atoms with Crippen LogP contribution in [0.15, 0.2) is 78.4 Å². The van der Waals surface area contributed by atoms with Gasteiger partial charge in [-0.05, 0) is 29.1 Å². The maximum Gasteiger partial charge on any atom is 0.253 e. The molecule has 0 spiro atoms. The van der Waals surface area contributed by atoms with Gasteiger partial charge in [0.1, 0.15) is 0 Å². The largest absolute Gasteiger partial charge is 0.361 e. The zero-order valence-electron chi connectivity index (χ0n) is 16.1. The van der Waals surface area contributed by atoms with E-state index in [0.29, 0.717) is 12.1 Å². The minimum absolute atomic E-state index is 0.0387. The lowest BCUT2D eigenvalue weighted by Crippen LogP contribution is -2.28.